The van der Waals surface area contributed by atoms with Crippen molar-refractivity contribution in [3.8, 4) is 11.3 Å². The van der Waals surface area contributed by atoms with Crippen molar-refractivity contribution in [2.75, 3.05) is 5.32 Å². The number of thiophene rings is 1. The van der Waals surface area contributed by atoms with E-state index in [9.17, 15) is 9.18 Å². The molecule has 3 aromatic carbocycles. The van der Waals surface area contributed by atoms with Gasteiger partial charge in [-0.25, -0.2) is 4.39 Å². The number of hydrogen-bond donors (Lipinski definition) is 2. The second kappa shape index (κ2) is 7.14. The summed E-state index contributed by atoms with van der Waals surface area (Å²) in [4.78, 5) is 12.3. The molecule has 29 heavy (non-hydrogen) atoms. The Morgan fingerprint density at radius 2 is 1.93 bits per heavy atom. The lowest BCUT2D eigenvalue weighted by Gasteiger charge is -2.07. The molecule has 0 unspecified atom stereocenters. The fraction of sp³-hybridized carbons (Fsp3) is 0.0435. The number of aromatic amines is 1. The molecule has 2 heterocycles. The number of halogens is 1. The van der Waals surface area contributed by atoms with Crippen LogP contribution in [-0.4, -0.2) is 16.1 Å². The highest BCUT2D eigenvalue weighted by Crippen LogP contribution is 2.32. The summed E-state index contributed by atoms with van der Waals surface area (Å²) in [6.45, 7) is 0. The number of aromatic nitrogens is 2. The first-order valence-electron chi connectivity index (χ1n) is 9.15. The van der Waals surface area contributed by atoms with Gasteiger partial charge in [-0.3, -0.25) is 9.89 Å². The zero-order chi connectivity index (χ0) is 19.8. The minimum Gasteiger partial charge on any atom is -0.326 e. The summed E-state index contributed by atoms with van der Waals surface area (Å²) in [6.07, 6.45) is 0.256. The SMILES string of the molecule is O=C(Cc1ccsc1)Nc1cc(F)c2n[nH]c(-c3ccc4ccccc4c3)c2c1. The molecule has 0 saturated carbocycles. The van der Waals surface area contributed by atoms with E-state index in [1.165, 1.54) is 6.07 Å². The molecule has 0 fully saturated rings. The third-order valence-corrected chi connectivity index (χ3v) is 5.61. The van der Waals surface area contributed by atoms with Crippen molar-refractivity contribution >= 4 is 44.6 Å². The number of H-pyrrole nitrogens is 1. The van der Waals surface area contributed by atoms with Gasteiger partial charge in [-0.2, -0.15) is 16.4 Å². The molecular formula is C23H16FN3OS. The molecule has 0 spiro atoms. The second-order valence-electron chi connectivity index (χ2n) is 6.87. The van der Waals surface area contributed by atoms with Gasteiger partial charge in [-0.15, -0.1) is 0 Å². The minimum absolute atomic E-state index is 0.182. The Balaban J connectivity index is 1.52. The summed E-state index contributed by atoms with van der Waals surface area (Å²) in [6, 6.07) is 19.1. The highest BCUT2D eigenvalue weighted by atomic mass is 32.1. The molecule has 0 radical (unpaired) electrons. The number of benzene rings is 3. The lowest BCUT2D eigenvalue weighted by molar-refractivity contribution is -0.115. The number of rotatable bonds is 4. The molecule has 0 aliphatic carbocycles. The molecule has 5 rings (SSSR count). The lowest BCUT2D eigenvalue weighted by atomic mass is 10.0. The van der Waals surface area contributed by atoms with E-state index < -0.39 is 5.82 Å². The number of hydrogen-bond acceptors (Lipinski definition) is 3. The van der Waals surface area contributed by atoms with Crippen LogP contribution < -0.4 is 5.32 Å². The standard InChI is InChI=1S/C23H16FN3OS/c24-20-12-18(25-21(28)9-14-7-8-29-13-14)11-19-22(26-27-23(19)20)17-6-5-15-3-1-2-4-16(15)10-17/h1-8,10-13H,9H2,(H,25,28)(H,26,27). The summed E-state index contributed by atoms with van der Waals surface area (Å²) in [7, 11) is 0. The van der Waals surface area contributed by atoms with Crippen LogP contribution >= 0.6 is 11.3 Å². The zero-order valence-corrected chi connectivity index (χ0v) is 16.1. The van der Waals surface area contributed by atoms with Crippen molar-refractivity contribution in [3.05, 3.63) is 82.8 Å². The minimum atomic E-state index is -0.475. The molecule has 142 valence electrons. The maximum Gasteiger partial charge on any atom is 0.228 e. The molecule has 2 N–H and O–H groups in total. The van der Waals surface area contributed by atoms with Crippen molar-refractivity contribution in [1.82, 2.24) is 10.2 Å². The molecule has 0 saturated heterocycles. The zero-order valence-electron chi connectivity index (χ0n) is 15.3. The summed E-state index contributed by atoms with van der Waals surface area (Å²) in [5.74, 6) is -0.658. The number of carbonyl (C=O) groups is 1. The molecule has 5 aromatic rings. The highest BCUT2D eigenvalue weighted by molar-refractivity contribution is 7.08. The number of nitrogens with one attached hydrogen (secondary N) is 2. The second-order valence-corrected chi connectivity index (χ2v) is 7.65. The maximum atomic E-state index is 14.6. The van der Waals surface area contributed by atoms with Crippen LogP contribution in [0.1, 0.15) is 5.56 Å². The molecule has 2 aromatic heterocycles. The van der Waals surface area contributed by atoms with Crippen LogP contribution in [0.5, 0.6) is 0 Å². The first-order chi connectivity index (χ1) is 14.2. The normalized spacial score (nSPS) is 11.2. The van der Waals surface area contributed by atoms with Crippen molar-refractivity contribution in [2.45, 2.75) is 6.42 Å². The summed E-state index contributed by atoms with van der Waals surface area (Å²) in [5.41, 5.74) is 3.24. The quantitative estimate of drug-likeness (QED) is 0.402. The fourth-order valence-corrected chi connectivity index (χ4v) is 4.16. The third-order valence-electron chi connectivity index (χ3n) is 4.88. The predicted octanol–water partition coefficient (Wildman–Crippen LogP) is 5.76. The van der Waals surface area contributed by atoms with Gasteiger partial charge in [0.25, 0.3) is 0 Å². The number of carbonyl (C=O) groups excluding carboxylic acids is 1. The van der Waals surface area contributed by atoms with Gasteiger partial charge in [-0.1, -0.05) is 36.4 Å². The summed E-state index contributed by atoms with van der Waals surface area (Å²) >= 11 is 1.54. The fourth-order valence-electron chi connectivity index (χ4n) is 3.50. The van der Waals surface area contributed by atoms with Gasteiger partial charge in [0.05, 0.1) is 12.1 Å². The molecule has 0 aliphatic rings. The van der Waals surface area contributed by atoms with Gasteiger partial charge in [0, 0.05) is 16.6 Å². The van der Waals surface area contributed by atoms with Gasteiger partial charge in [0.1, 0.15) is 5.52 Å². The van der Waals surface area contributed by atoms with E-state index in [0.29, 0.717) is 11.1 Å². The first-order valence-corrected chi connectivity index (χ1v) is 10.1. The van der Waals surface area contributed by atoms with Crippen LogP contribution in [0.15, 0.2) is 71.4 Å². The summed E-state index contributed by atoms with van der Waals surface area (Å²) < 4.78 is 14.6. The van der Waals surface area contributed by atoms with Gasteiger partial charge in [0.15, 0.2) is 5.82 Å². The Labute approximate surface area is 170 Å². The Kier molecular flexibility index (Phi) is 4.33. The molecule has 1 amide bonds. The Hall–Kier alpha value is -3.51. The van der Waals surface area contributed by atoms with Gasteiger partial charge in [-0.05, 0) is 51.4 Å². The average molecular weight is 401 g/mol. The molecule has 4 nitrogen and oxygen atoms in total. The smallest absolute Gasteiger partial charge is 0.228 e. The lowest BCUT2D eigenvalue weighted by Crippen LogP contribution is -2.14. The van der Waals surface area contributed by atoms with E-state index in [-0.39, 0.29) is 17.8 Å². The van der Waals surface area contributed by atoms with Gasteiger partial charge < -0.3 is 5.32 Å². The number of fused-ring (bicyclic) bond motifs is 2. The highest BCUT2D eigenvalue weighted by Gasteiger charge is 2.15. The van der Waals surface area contributed by atoms with Crippen molar-refractivity contribution in [3.63, 3.8) is 0 Å². The monoisotopic (exact) mass is 401 g/mol. The van der Waals surface area contributed by atoms with Crippen molar-refractivity contribution in [2.24, 2.45) is 0 Å². The van der Waals surface area contributed by atoms with Gasteiger partial charge >= 0.3 is 0 Å². The largest absolute Gasteiger partial charge is 0.326 e. The molecule has 0 bridgehead atoms. The van der Waals surface area contributed by atoms with Gasteiger partial charge in [0.2, 0.25) is 5.91 Å². The topological polar surface area (TPSA) is 57.8 Å². The van der Waals surface area contributed by atoms with E-state index in [2.05, 4.69) is 15.5 Å². The number of anilines is 1. The van der Waals surface area contributed by atoms with E-state index in [1.807, 2.05) is 59.3 Å². The Morgan fingerprint density at radius 1 is 1.07 bits per heavy atom. The Bertz CT molecular complexity index is 1340. The summed E-state index contributed by atoms with van der Waals surface area (Å²) in [5, 5.41) is 16.6. The van der Waals surface area contributed by atoms with Crippen molar-refractivity contribution < 1.29 is 9.18 Å². The van der Waals surface area contributed by atoms with Crippen LogP contribution in [0, 0.1) is 5.82 Å². The van der Waals surface area contributed by atoms with E-state index in [1.54, 1.807) is 17.4 Å². The van der Waals surface area contributed by atoms with E-state index >= 15 is 0 Å². The van der Waals surface area contributed by atoms with Crippen LogP contribution in [0.25, 0.3) is 32.9 Å². The van der Waals surface area contributed by atoms with Crippen molar-refractivity contribution in [1.29, 1.82) is 0 Å². The molecule has 0 atom stereocenters. The van der Waals surface area contributed by atoms with E-state index in [4.69, 9.17) is 0 Å². The van der Waals surface area contributed by atoms with Crippen LogP contribution in [0.3, 0.4) is 0 Å². The maximum absolute atomic E-state index is 14.6. The molecule has 6 heteroatoms. The molecular weight excluding hydrogens is 385 g/mol. The third kappa shape index (κ3) is 3.39. The Morgan fingerprint density at radius 3 is 2.76 bits per heavy atom. The van der Waals surface area contributed by atoms with E-state index in [0.717, 1.165) is 27.6 Å². The van der Waals surface area contributed by atoms with Crippen LogP contribution in [0.2, 0.25) is 0 Å². The predicted molar refractivity (Wildman–Crippen MR) is 116 cm³/mol. The molecule has 0 aliphatic heterocycles. The number of nitrogens with zero attached hydrogens (tertiary/aromatic N) is 1. The van der Waals surface area contributed by atoms with Crippen LogP contribution in [-0.2, 0) is 11.2 Å². The first kappa shape index (κ1) is 17.6. The average Bonchev–Trinajstić information content (AvgIpc) is 3.37. The van der Waals surface area contributed by atoms with Crippen LogP contribution in [0.4, 0.5) is 10.1 Å². The number of amides is 1.